The Labute approximate surface area is 155 Å². The molecule has 0 radical (unpaired) electrons. The molecule has 0 aliphatic heterocycles. The fraction of sp³-hybridized carbons (Fsp3) is 0.905. The molecule has 0 aromatic heterocycles. The smallest absolute Gasteiger partial charge is 0.302 e. The first-order valence-electron chi connectivity index (χ1n) is 10.2. The van der Waals surface area contributed by atoms with Gasteiger partial charge in [0.1, 0.15) is 11.9 Å². The molecule has 0 amide bonds. The van der Waals surface area contributed by atoms with Crippen molar-refractivity contribution >= 4 is 11.8 Å². The van der Waals surface area contributed by atoms with Crippen LogP contribution in [0.2, 0.25) is 0 Å². The molecule has 146 valence electrons. The molecule has 4 fully saturated rings. The summed E-state index contributed by atoms with van der Waals surface area (Å²) in [5.74, 6) is 1.00. The monoisotopic (exact) mass is 364 g/mol. The lowest BCUT2D eigenvalue weighted by Crippen LogP contribution is -2.68. The Balaban J connectivity index is 1.65. The van der Waals surface area contributed by atoms with Gasteiger partial charge in [-0.2, -0.15) is 0 Å². The van der Waals surface area contributed by atoms with Crippen molar-refractivity contribution in [3.05, 3.63) is 0 Å². The highest BCUT2D eigenvalue weighted by Gasteiger charge is 2.67. The fourth-order valence-corrected chi connectivity index (χ4v) is 7.35. The van der Waals surface area contributed by atoms with Crippen LogP contribution in [0.25, 0.3) is 0 Å². The molecule has 4 saturated carbocycles. The summed E-state index contributed by atoms with van der Waals surface area (Å²) in [7, 11) is 0. The van der Waals surface area contributed by atoms with E-state index in [0.717, 1.165) is 32.1 Å². The van der Waals surface area contributed by atoms with E-state index >= 15 is 0 Å². The van der Waals surface area contributed by atoms with Crippen molar-refractivity contribution in [2.24, 2.45) is 28.6 Å². The third-order valence-electron chi connectivity index (χ3n) is 8.86. The molecule has 4 rings (SSSR count). The molecule has 5 heteroatoms. The minimum absolute atomic E-state index is 0.234. The van der Waals surface area contributed by atoms with Crippen molar-refractivity contribution in [2.45, 2.75) is 89.9 Å². The Bertz CT molecular complexity index is 632. The second-order valence-corrected chi connectivity index (χ2v) is 9.86. The topological polar surface area (TPSA) is 83.8 Å². The quantitative estimate of drug-likeness (QED) is 0.699. The summed E-state index contributed by atoms with van der Waals surface area (Å²) in [4.78, 5) is 23.9. The molecule has 0 bridgehead atoms. The average Bonchev–Trinajstić information content (AvgIpc) is 2.86. The Morgan fingerprint density at radius 2 is 1.88 bits per heavy atom. The molecule has 0 saturated heterocycles. The SMILES string of the molecule is CC(=O)O[C@H]1CC[C@]2(C)[C@H]3CC[C@]4(C)C(=O)CC[C@H]4[C@@H]3C[C@@H](O)[C@@]2(O)C1. The van der Waals surface area contributed by atoms with Crippen LogP contribution in [0, 0.1) is 28.6 Å². The molecule has 4 aliphatic carbocycles. The molecule has 0 aromatic carbocycles. The van der Waals surface area contributed by atoms with Gasteiger partial charge in [-0.15, -0.1) is 0 Å². The summed E-state index contributed by atoms with van der Waals surface area (Å²) in [5.41, 5.74) is -1.84. The number of hydrogen-bond donors (Lipinski definition) is 2. The molecule has 8 atom stereocenters. The van der Waals surface area contributed by atoms with Gasteiger partial charge in [0, 0.05) is 30.6 Å². The van der Waals surface area contributed by atoms with Crippen LogP contribution in [0.15, 0.2) is 0 Å². The predicted octanol–water partition coefficient (Wildman–Crippen LogP) is 2.62. The van der Waals surface area contributed by atoms with E-state index in [2.05, 4.69) is 13.8 Å². The Kier molecular flexibility index (Phi) is 4.09. The third kappa shape index (κ3) is 2.29. The van der Waals surface area contributed by atoms with E-state index in [9.17, 15) is 19.8 Å². The van der Waals surface area contributed by atoms with Crippen molar-refractivity contribution in [1.29, 1.82) is 0 Å². The number of carbonyl (C=O) groups is 2. The number of Topliss-reactive ketones (excluding diaryl/α,β-unsaturated/α-hetero) is 1. The van der Waals surface area contributed by atoms with Crippen molar-refractivity contribution in [2.75, 3.05) is 0 Å². The van der Waals surface area contributed by atoms with E-state index < -0.39 is 11.7 Å². The van der Waals surface area contributed by atoms with Gasteiger partial charge in [0.25, 0.3) is 0 Å². The zero-order chi connectivity index (χ0) is 18.9. The van der Waals surface area contributed by atoms with E-state index in [1.54, 1.807) is 0 Å². The van der Waals surface area contributed by atoms with Gasteiger partial charge in [-0.25, -0.2) is 0 Å². The van der Waals surface area contributed by atoms with Gasteiger partial charge in [0.05, 0.1) is 11.7 Å². The maximum absolute atomic E-state index is 12.5. The zero-order valence-electron chi connectivity index (χ0n) is 16.2. The molecule has 26 heavy (non-hydrogen) atoms. The highest BCUT2D eigenvalue weighted by atomic mass is 16.5. The van der Waals surface area contributed by atoms with Gasteiger partial charge >= 0.3 is 5.97 Å². The molecule has 0 unspecified atom stereocenters. The van der Waals surface area contributed by atoms with Gasteiger partial charge < -0.3 is 14.9 Å². The van der Waals surface area contributed by atoms with Crippen LogP contribution in [-0.4, -0.2) is 39.8 Å². The zero-order valence-corrected chi connectivity index (χ0v) is 16.2. The van der Waals surface area contributed by atoms with Crippen LogP contribution in [0.1, 0.15) is 72.1 Å². The van der Waals surface area contributed by atoms with E-state index in [0.29, 0.717) is 42.8 Å². The summed E-state index contributed by atoms with van der Waals surface area (Å²) in [6.45, 7) is 5.64. The summed E-state index contributed by atoms with van der Waals surface area (Å²) in [5, 5.41) is 22.6. The highest BCUT2D eigenvalue weighted by molar-refractivity contribution is 5.87. The summed E-state index contributed by atoms with van der Waals surface area (Å²) < 4.78 is 5.38. The molecule has 0 aromatic rings. The van der Waals surface area contributed by atoms with Crippen molar-refractivity contribution in [3.8, 4) is 0 Å². The second-order valence-electron chi connectivity index (χ2n) is 9.86. The molecular formula is C21H32O5. The molecule has 0 spiro atoms. The van der Waals surface area contributed by atoms with Crippen LogP contribution in [0.5, 0.6) is 0 Å². The molecule has 4 aliphatic rings. The van der Waals surface area contributed by atoms with Crippen molar-refractivity contribution in [1.82, 2.24) is 0 Å². The van der Waals surface area contributed by atoms with E-state index in [-0.39, 0.29) is 22.9 Å². The van der Waals surface area contributed by atoms with Gasteiger partial charge in [0.2, 0.25) is 0 Å². The lowest BCUT2D eigenvalue weighted by molar-refractivity contribution is -0.264. The number of aliphatic hydroxyl groups excluding tert-OH is 1. The van der Waals surface area contributed by atoms with Gasteiger partial charge in [-0.3, -0.25) is 9.59 Å². The van der Waals surface area contributed by atoms with E-state index in [1.165, 1.54) is 6.92 Å². The Morgan fingerprint density at radius 1 is 1.15 bits per heavy atom. The van der Waals surface area contributed by atoms with Crippen LogP contribution in [0.4, 0.5) is 0 Å². The second kappa shape index (κ2) is 5.78. The number of ketones is 1. The first-order valence-corrected chi connectivity index (χ1v) is 10.2. The average molecular weight is 364 g/mol. The minimum Gasteiger partial charge on any atom is -0.462 e. The van der Waals surface area contributed by atoms with E-state index in [4.69, 9.17) is 4.74 Å². The third-order valence-corrected chi connectivity index (χ3v) is 8.86. The molecule has 2 N–H and O–H groups in total. The van der Waals surface area contributed by atoms with Gasteiger partial charge in [0.15, 0.2) is 0 Å². The van der Waals surface area contributed by atoms with Crippen LogP contribution < -0.4 is 0 Å². The van der Waals surface area contributed by atoms with Crippen LogP contribution in [-0.2, 0) is 14.3 Å². The molecule has 0 heterocycles. The number of ether oxygens (including phenoxy) is 1. The minimum atomic E-state index is -1.22. The lowest BCUT2D eigenvalue weighted by Gasteiger charge is -2.64. The summed E-state index contributed by atoms with van der Waals surface area (Å²) >= 11 is 0. The predicted molar refractivity (Wildman–Crippen MR) is 95.1 cm³/mol. The van der Waals surface area contributed by atoms with Gasteiger partial charge in [-0.05, 0) is 56.3 Å². The molecule has 5 nitrogen and oxygen atoms in total. The summed E-state index contributed by atoms with van der Waals surface area (Å²) in [6, 6.07) is 0. The van der Waals surface area contributed by atoms with E-state index in [1.807, 2.05) is 0 Å². The first-order chi connectivity index (χ1) is 12.1. The number of hydrogen-bond acceptors (Lipinski definition) is 5. The molecular weight excluding hydrogens is 332 g/mol. The lowest BCUT2D eigenvalue weighted by atomic mass is 9.43. The van der Waals surface area contributed by atoms with Crippen LogP contribution in [0.3, 0.4) is 0 Å². The van der Waals surface area contributed by atoms with Gasteiger partial charge in [-0.1, -0.05) is 13.8 Å². The van der Waals surface area contributed by atoms with Crippen molar-refractivity contribution in [3.63, 3.8) is 0 Å². The number of rotatable bonds is 1. The normalized spacial score (nSPS) is 53.4. The standard InChI is InChI=1S/C21H32O5/c1-12(22)26-13-6-9-20(3)16-7-8-19(2)15(4-5-17(19)23)14(16)10-18(24)21(20,25)11-13/h13-16,18,24-25H,4-11H2,1-3H3/t13-,14-,15-,16-,18+,19-,20+,21-/m0/s1. The first kappa shape index (κ1) is 18.4. The maximum Gasteiger partial charge on any atom is 0.302 e. The van der Waals surface area contributed by atoms with Crippen LogP contribution >= 0.6 is 0 Å². The number of esters is 1. The summed E-state index contributed by atoms with van der Waals surface area (Å²) in [6.07, 6.45) is 4.62. The Hall–Kier alpha value is -0.940. The number of aliphatic hydroxyl groups is 2. The largest absolute Gasteiger partial charge is 0.462 e. The number of fused-ring (bicyclic) bond motifs is 5. The van der Waals surface area contributed by atoms with Crippen molar-refractivity contribution < 1.29 is 24.5 Å². The fourth-order valence-electron chi connectivity index (χ4n) is 7.35. The Morgan fingerprint density at radius 3 is 2.58 bits per heavy atom. The highest BCUT2D eigenvalue weighted by Crippen LogP contribution is 2.66. The maximum atomic E-state index is 12.5. The number of carbonyl (C=O) groups excluding carboxylic acids is 2.